The Balaban J connectivity index is 1.77. The zero-order chi connectivity index (χ0) is 16.2. The first-order valence-corrected chi connectivity index (χ1v) is 7.60. The lowest BCUT2D eigenvalue weighted by Gasteiger charge is -2.15. The summed E-state index contributed by atoms with van der Waals surface area (Å²) in [6.45, 7) is 3.36. The fourth-order valence-corrected chi connectivity index (χ4v) is 2.56. The Kier molecular flexibility index (Phi) is 4.28. The molecule has 0 bridgehead atoms. The second-order valence-electron chi connectivity index (χ2n) is 5.30. The van der Waals surface area contributed by atoms with E-state index in [0.29, 0.717) is 12.3 Å². The first-order valence-electron chi connectivity index (χ1n) is 7.60. The van der Waals surface area contributed by atoms with Gasteiger partial charge in [0.15, 0.2) is 0 Å². The lowest BCUT2D eigenvalue weighted by Crippen LogP contribution is -2.26. The summed E-state index contributed by atoms with van der Waals surface area (Å²) in [7, 11) is 1.77. The fourth-order valence-electron chi connectivity index (χ4n) is 2.56. The molecule has 0 spiro atoms. The van der Waals surface area contributed by atoms with Crippen molar-refractivity contribution in [1.82, 2.24) is 14.5 Å². The van der Waals surface area contributed by atoms with Crippen molar-refractivity contribution in [2.45, 2.75) is 20.0 Å². The summed E-state index contributed by atoms with van der Waals surface area (Å²) in [5.74, 6) is 1.46. The van der Waals surface area contributed by atoms with Crippen molar-refractivity contribution in [3.8, 4) is 0 Å². The van der Waals surface area contributed by atoms with Crippen LogP contribution < -0.4 is 0 Å². The molecule has 0 aliphatic carbocycles. The van der Waals surface area contributed by atoms with E-state index in [4.69, 9.17) is 4.42 Å². The zero-order valence-corrected chi connectivity index (χ0v) is 13.3. The molecule has 0 saturated carbocycles. The summed E-state index contributed by atoms with van der Waals surface area (Å²) in [6, 6.07) is 11.6. The van der Waals surface area contributed by atoms with E-state index < -0.39 is 0 Å². The van der Waals surface area contributed by atoms with Crippen LogP contribution in [0, 0.1) is 0 Å². The van der Waals surface area contributed by atoms with Gasteiger partial charge >= 0.3 is 0 Å². The number of rotatable bonds is 5. The molecule has 0 aliphatic rings. The molecule has 23 heavy (non-hydrogen) atoms. The lowest BCUT2D eigenvalue weighted by atomic mass is 10.3. The van der Waals surface area contributed by atoms with Crippen LogP contribution in [0.15, 0.2) is 53.2 Å². The molecule has 2 heterocycles. The van der Waals surface area contributed by atoms with E-state index in [2.05, 4.69) is 16.5 Å². The first-order chi connectivity index (χ1) is 11.2. The smallest absolute Gasteiger partial charge is 0.246 e. The number of carbonyl (C=O) groups is 1. The van der Waals surface area contributed by atoms with Gasteiger partial charge in [0.1, 0.15) is 11.6 Å². The second kappa shape index (κ2) is 6.52. The SMILES string of the molecule is CCn1c(CN(C)C(=O)/C=C/c2ccco2)nc2ccccc21. The van der Waals surface area contributed by atoms with E-state index in [1.165, 1.54) is 6.08 Å². The number of likely N-dealkylation sites (N-methyl/N-ethyl adjacent to an activating group) is 1. The second-order valence-corrected chi connectivity index (χ2v) is 5.30. The molecule has 5 heteroatoms. The molecular formula is C18H19N3O2. The highest BCUT2D eigenvalue weighted by Gasteiger charge is 2.13. The summed E-state index contributed by atoms with van der Waals surface area (Å²) >= 11 is 0. The number of para-hydroxylation sites is 2. The number of fused-ring (bicyclic) bond motifs is 1. The van der Waals surface area contributed by atoms with Gasteiger partial charge in [-0.2, -0.15) is 0 Å². The predicted molar refractivity (Wildman–Crippen MR) is 89.6 cm³/mol. The Hall–Kier alpha value is -2.82. The van der Waals surface area contributed by atoms with Crippen LogP contribution in [-0.2, 0) is 17.9 Å². The molecule has 2 aromatic heterocycles. The highest BCUT2D eigenvalue weighted by atomic mass is 16.3. The molecule has 0 fully saturated rings. The molecule has 5 nitrogen and oxygen atoms in total. The van der Waals surface area contributed by atoms with Gasteiger partial charge in [0.25, 0.3) is 0 Å². The van der Waals surface area contributed by atoms with Crippen LogP contribution in [0.1, 0.15) is 18.5 Å². The van der Waals surface area contributed by atoms with Gasteiger partial charge in [0.2, 0.25) is 5.91 Å². The maximum Gasteiger partial charge on any atom is 0.246 e. The Bertz CT molecular complexity index is 831. The topological polar surface area (TPSA) is 51.3 Å². The summed E-state index contributed by atoms with van der Waals surface area (Å²) in [5, 5.41) is 0. The fraction of sp³-hybridized carbons (Fsp3) is 0.222. The summed E-state index contributed by atoms with van der Waals surface area (Å²) < 4.78 is 7.32. The van der Waals surface area contributed by atoms with Crippen LogP contribution in [-0.4, -0.2) is 27.4 Å². The van der Waals surface area contributed by atoms with Gasteiger partial charge < -0.3 is 13.9 Å². The number of hydrogen-bond donors (Lipinski definition) is 0. The third kappa shape index (κ3) is 3.18. The van der Waals surface area contributed by atoms with Crippen LogP contribution >= 0.6 is 0 Å². The Morgan fingerprint density at radius 3 is 2.87 bits per heavy atom. The largest absolute Gasteiger partial charge is 0.465 e. The van der Waals surface area contributed by atoms with Gasteiger partial charge in [-0.25, -0.2) is 4.98 Å². The molecule has 0 unspecified atom stereocenters. The van der Waals surface area contributed by atoms with Gasteiger partial charge in [0.05, 0.1) is 23.8 Å². The van der Waals surface area contributed by atoms with Gasteiger partial charge in [0, 0.05) is 19.7 Å². The van der Waals surface area contributed by atoms with Crippen LogP contribution in [0.4, 0.5) is 0 Å². The number of imidazole rings is 1. The van der Waals surface area contributed by atoms with E-state index in [1.807, 2.05) is 24.3 Å². The van der Waals surface area contributed by atoms with Gasteiger partial charge in [-0.3, -0.25) is 4.79 Å². The average Bonchev–Trinajstić information content (AvgIpc) is 3.19. The maximum atomic E-state index is 12.2. The molecule has 0 saturated heterocycles. The Labute approximate surface area is 134 Å². The quantitative estimate of drug-likeness (QED) is 0.679. The van der Waals surface area contributed by atoms with Crippen LogP contribution in [0.3, 0.4) is 0 Å². The summed E-state index contributed by atoms with van der Waals surface area (Å²) in [4.78, 5) is 18.5. The van der Waals surface area contributed by atoms with Crippen molar-refractivity contribution in [1.29, 1.82) is 0 Å². The van der Waals surface area contributed by atoms with E-state index in [9.17, 15) is 4.79 Å². The molecule has 3 rings (SSSR count). The molecule has 0 atom stereocenters. The summed E-state index contributed by atoms with van der Waals surface area (Å²) in [5.41, 5.74) is 2.05. The number of aromatic nitrogens is 2. The van der Waals surface area contributed by atoms with Crippen LogP contribution in [0.25, 0.3) is 17.1 Å². The molecular weight excluding hydrogens is 290 g/mol. The lowest BCUT2D eigenvalue weighted by molar-refractivity contribution is -0.125. The third-order valence-corrected chi connectivity index (χ3v) is 3.74. The number of nitrogens with zero attached hydrogens (tertiary/aromatic N) is 3. The van der Waals surface area contributed by atoms with Gasteiger partial charge in [-0.1, -0.05) is 12.1 Å². The Morgan fingerprint density at radius 1 is 1.30 bits per heavy atom. The highest BCUT2D eigenvalue weighted by molar-refractivity contribution is 5.91. The van der Waals surface area contributed by atoms with Crippen molar-refractivity contribution in [2.24, 2.45) is 0 Å². The molecule has 1 aromatic carbocycles. The number of hydrogen-bond acceptors (Lipinski definition) is 3. The normalized spacial score (nSPS) is 11.4. The molecule has 1 amide bonds. The number of furan rings is 1. The third-order valence-electron chi connectivity index (χ3n) is 3.74. The minimum absolute atomic E-state index is 0.0869. The van der Waals surface area contributed by atoms with Crippen LogP contribution in [0.2, 0.25) is 0 Å². The van der Waals surface area contributed by atoms with E-state index in [0.717, 1.165) is 23.4 Å². The Morgan fingerprint density at radius 2 is 2.13 bits per heavy atom. The number of carbonyl (C=O) groups excluding carboxylic acids is 1. The molecule has 0 radical (unpaired) electrons. The number of aryl methyl sites for hydroxylation is 1. The summed E-state index contributed by atoms with van der Waals surface area (Å²) in [6.07, 6.45) is 4.76. The van der Waals surface area contributed by atoms with Crippen LogP contribution in [0.5, 0.6) is 0 Å². The van der Waals surface area contributed by atoms with Crippen molar-refractivity contribution in [3.05, 3.63) is 60.3 Å². The molecule has 0 N–H and O–H groups in total. The van der Waals surface area contributed by atoms with E-state index in [1.54, 1.807) is 36.4 Å². The average molecular weight is 309 g/mol. The monoisotopic (exact) mass is 309 g/mol. The standard InChI is InChI=1S/C18H19N3O2/c1-3-21-16-9-5-4-8-15(16)19-17(21)13-20(2)18(22)11-10-14-7-6-12-23-14/h4-12H,3,13H2,1-2H3/b11-10+. The van der Waals surface area contributed by atoms with Crippen molar-refractivity contribution >= 4 is 23.0 Å². The first kappa shape index (κ1) is 15.1. The zero-order valence-electron chi connectivity index (χ0n) is 13.3. The van der Waals surface area contributed by atoms with Crippen molar-refractivity contribution in [3.63, 3.8) is 0 Å². The highest BCUT2D eigenvalue weighted by Crippen LogP contribution is 2.17. The molecule has 0 aliphatic heterocycles. The minimum Gasteiger partial charge on any atom is -0.465 e. The van der Waals surface area contributed by atoms with E-state index >= 15 is 0 Å². The van der Waals surface area contributed by atoms with Crippen molar-refractivity contribution < 1.29 is 9.21 Å². The number of amides is 1. The maximum absolute atomic E-state index is 12.2. The number of benzene rings is 1. The van der Waals surface area contributed by atoms with Crippen molar-refractivity contribution in [2.75, 3.05) is 7.05 Å². The van der Waals surface area contributed by atoms with Gasteiger partial charge in [-0.15, -0.1) is 0 Å². The molecule has 118 valence electrons. The molecule has 3 aromatic rings. The van der Waals surface area contributed by atoms with E-state index in [-0.39, 0.29) is 5.91 Å². The minimum atomic E-state index is -0.0869. The van der Waals surface area contributed by atoms with Gasteiger partial charge in [-0.05, 0) is 37.3 Å². The predicted octanol–water partition coefficient (Wildman–Crippen LogP) is 3.32.